The molecule has 1 aliphatic rings. The van der Waals surface area contributed by atoms with Crippen LogP contribution in [0.2, 0.25) is 0 Å². The van der Waals surface area contributed by atoms with E-state index < -0.39 is 11.4 Å². The molecule has 0 saturated carbocycles. The van der Waals surface area contributed by atoms with Gasteiger partial charge in [0.15, 0.2) is 5.54 Å². The van der Waals surface area contributed by atoms with E-state index in [1.165, 1.54) is 6.07 Å². The Labute approximate surface area is 140 Å². The van der Waals surface area contributed by atoms with Crippen LogP contribution in [0.1, 0.15) is 16.7 Å². The third-order valence-corrected chi connectivity index (χ3v) is 4.35. The van der Waals surface area contributed by atoms with Crippen molar-refractivity contribution in [3.63, 3.8) is 0 Å². The molecule has 0 unspecified atom stereocenters. The molecule has 1 heterocycles. The lowest BCUT2D eigenvalue weighted by molar-refractivity contribution is 0.00642. The minimum Gasteiger partial charge on any atom is -0.379 e. The predicted octanol–water partition coefficient (Wildman–Crippen LogP) is 2.80. The third-order valence-electron chi connectivity index (χ3n) is 4.35. The first-order chi connectivity index (χ1) is 11.7. The van der Waals surface area contributed by atoms with E-state index in [1.807, 2.05) is 41.3 Å². The van der Waals surface area contributed by atoms with Crippen molar-refractivity contribution in [3.8, 4) is 12.1 Å². The quantitative estimate of drug-likeness (QED) is 0.872. The van der Waals surface area contributed by atoms with Gasteiger partial charge in [-0.15, -0.1) is 0 Å². The van der Waals surface area contributed by atoms with E-state index in [2.05, 4.69) is 6.07 Å². The highest BCUT2D eigenvalue weighted by Crippen LogP contribution is 2.38. The molecule has 0 bridgehead atoms. The molecule has 1 fully saturated rings. The molecule has 0 aliphatic carbocycles. The van der Waals surface area contributed by atoms with Crippen molar-refractivity contribution in [2.45, 2.75) is 5.54 Å². The Hall–Kier alpha value is -2.73. The van der Waals surface area contributed by atoms with Crippen molar-refractivity contribution >= 4 is 0 Å². The fourth-order valence-electron chi connectivity index (χ4n) is 3.22. The Morgan fingerprint density at radius 2 is 1.71 bits per heavy atom. The Bertz CT molecular complexity index is 804. The summed E-state index contributed by atoms with van der Waals surface area (Å²) < 4.78 is 19.6. The summed E-state index contributed by atoms with van der Waals surface area (Å²) in [5, 5.41) is 19.6. The number of rotatable bonds is 3. The van der Waals surface area contributed by atoms with Crippen LogP contribution in [-0.4, -0.2) is 31.2 Å². The Balaban J connectivity index is 2.29. The van der Waals surface area contributed by atoms with Crippen LogP contribution in [0.5, 0.6) is 0 Å². The Morgan fingerprint density at radius 1 is 1.00 bits per heavy atom. The summed E-state index contributed by atoms with van der Waals surface area (Å²) in [6.45, 7) is 2.05. The molecule has 2 aromatic carbocycles. The van der Waals surface area contributed by atoms with Crippen LogP contribution in [0.3, 0.4) is 0 Å². The smallest absolute Gasteiger partial charge is 0.161 e. The van der Waals surface area contributed by atoms with E-state index in [1.54, 1.807) is 12.1 Å². The minimum absolute atomic E-state index is 0.0885. The number of hydrogen-bond donors (Lipinski definition) is 0. The van der Waals surface area contributed by atoms with Crippen molar-refractivity contribution in [1.29, 1.82) is 10.5 Å². The Kier molecular flexibility index (Phi) is 4.57. The number of hydrogen-bond acceptors (Lipinski definition) is 4. The van der Waals surface area contributed by atoms with Crippen LogP contribution in [-0.2, 0) is 10.3 Å². The van der Waals surface area contributed by atoms with E-state index in [-0.39, 0.29) is 5.56 Å². The van der Waals surface area contributed by atoms with Crippen LogP contribution in [0.4, 0.5) is 4.39 Å². The molecule has 0 aromatic heterocycles. The summed E-state index contributed by atoms with van der Waals surface area (Å²) in [7, 11) is 0. The zero-order chi connectivity index (χ0) is 17.0. The standard InChI is InChI=1S/C19H16FN3O/c20-18-8-4-7-17(16(18)13-21)19(14-22,15-5-2-1-3-6-15)23-9-11-24-12-10-23/h1-8H,9-12H2/t19-/m1/s1. The fourth-order valence-corrected chi connectivity index (χ4v) is 3.22. The van der Waals surface area contributed by atoms with Crippen molar-refractivity contribution in [2.75, 3.05) is 26.3 Å². The number of benzene rings is 2. The van der Waals surface area contributed by atoms with E-state index in [4.69, 9.17) is 4.74 Å². The van der Waals surface area contributed by atoms with Crippen molar-refractivity contribution in [2.24, 2.45) is 0 Å². The monoisotopic (exact) mass is 321 g/mol. The molecular formula is C19H16FN3O. The molecule has 4 nitrogen and oxygen atoms in total. The molecule has 0 spiro atoms. The van der Waals surface area contributed by atoms with Crippen LogP contribution in [0, 0.1) is 28.5 Å². The number of nitriles is 2. The van der Waals surface area contributed by atoms with Crippen LogP contribution in [0.15, 0.2) is 48.5 Å². The molecule has 1 aliphatic heterocycles. The highest BCUT2D eigenvalue weighted by molar-refractivity contribution is 5.53. The predicted molar refractivity (Wildman–Crippen MR) is 86.3 cm³/mol. The zero-order valence-corrected chi connectivity index (χ0v) is 13.1. The van der Waals surface area contributed by atoms with Gasteiger partial charge in [-0.05, 0) is 11.6 Å². The van der Waals surface area contributed by atoms with Gasteiger partial charge in [-0.3, -0.25) is 4.90 Å². The van der Waals surface area contributed by atoms with Gasteiger partial charge in [-0.1, -0.05) is 42.5 Å². The topological polar surface area (TPSA) is 60.0 Å². The lowest BCUT2D eigenvalue weighted by atomic mass is 9.79. The van der Waals surface area contributed by atoms with E-state index >= 15 is 0 Å². The van der Waals surface area contributed by atoms with Gasteiger partial charge in [0.25, 0.3) is 0 Å². The molecule has 0 N–H and O–H groups in total. The van der Waals surface area contributed by atoms with Crippen LogP contribution < -0.4 is 0 Å². The first-order valence-electron chi connectivity index (χ1n) is 7.72. The maximum absolute atomic E-state index is 14.2. The van der Waals surface area contributed by atoms with E-state index in [9.17, 15) is 14.9 Å². The summed E-state index contributed by atoms with van der Waals surface area (Å²) in [6, 6.07) is 18.0. The maximum Gasteiger partial charge on any atom is 0.161 e. The van der Waals surface area contributed by atoms with Gasteiger partial charge >= 0.3 is 0 Å². The molecule has 3 rings (SSSR count). The molecule has 120 valence electrons. The summed E-state index contributed by atoms with van der Waals surface area (Å²) in [6.07, 6.45) is 0. The number of ether oxygens (including phenoxy) is 1. The maximum atomic E-state index is 14.2. The second-order valence-electron chi connectivity index (χ2n) is 5.56. The SMILES string of the molecule is N#Cc1c(F)cccc1[C@@](C#N)(c1ccccc1)N1CCOCC1. The summed E-state index contributed by atoms with van der Waals surface area (Å²) in [5.41, 5.74) is -0.218. The van der Waals surface area contributed by atoms with Crippen molar-refractivity contribution < 1.29 is 9.13 Å². The zero-order valence-electron chi connectivity index (χ0n) is 13.1. The fraction of sp³-hybridized carbons (Fsp3) is 0.263. The second-order valence-corrected chi connectivity index (χ2v) is 5.56. The lowest BCUT2D eigenvalue weighted by Gasteiger charge is -2.41. The number of morpholine rings is 1. The van der Waals surface area contributed by atoms with Gasteiger partial charge in [0, 0.05) is 18.7 Å². The van der Waals surface area contributed by atoms with Gasteiger partial charge in [-0.25, -0.2) is 4.39 Å². The second kappa shape index (κ2) is 6.80. The van der Waals surface area contributed by atoms with Gasteiger partial charge in [0.05, 0.1) is 24.8 Å². The molecule has 2 aromatic rings. The first-order valence-corrected chi connectivity index (χ1v) is 7.72. The van der Waals surface area contributed by atoms with E-state index in [0.717, 1.165) is 5.56 Å². The molecule has 24 heavy (non-hydrogen) atoms. The minimum atomic E-state index is -1.22. The molecular weight excluding hydrogens is 305 g/mol. The molecule has 0 radical (unpaired) electrons. The van der Waals surface area contributed by atoms with Gasteiger partial charge in [-0.2, -0.15) is 10.5 Å². The van der Waals surface area contributed by atoms with Crippen molar-refractivity contribution in [3.05, 3.63) is 71.0 Å². The van der Waals surface area contributed by atoms with E-state index in [0.29, 0.717) is 31.9 Å². The average Bonchev–Trinajstić information content (AvgIpc) is 2.65. The first kappa shape index (κ1) is 16.1. The van der Waals surface area contributed by atoms with Gasteiger partial charge in [0.1, 0.15) is 11.9 Å². The molecule has 1 atom stereocenters. The largest absolute Gasteiger partial charge is 0.379 e. The number of halogens is 1. The number of nitrogens with zero attached hydrogens (tertiary/aromatic N) is 3. The third kappa shape index (κ3) is 2.55. The van der Waals surface area contributed by atoms with Crippen LogP contribution >= 0.6 is 0 Å². The summed E-state index contributed by atoms with van der Waals surface area (Å²) in [4.78, 5) is 1.96. The normalized spacial score (nSPS) is 17.5. The molecule has 5 heteroatoms. The molecule has 0 amide bonds. The van der Waals surface area contributed by atoms with Crippen molar-refractivity contribution in [1.82, 2.24) is 4.90 Å². The summed E-state index contributed by atoms with van der Waals surface area (Å²) in [5.74, 6) is -0.612. The summed E-state index contributed by atoms with van der Waals surface area (Å²) >= 11 is 0. The van der Waals surface area contributed by atoms with Gasteiger partial charge in [0.2, 0.25) is 0 Å². The Morgan fingerprint density at radius 3 is 2.33 bits per heavy atom. The lowest BCUT2D eigenvalue weighted by Crippen LogP contribution is -2.51. The molecule has 1 saturated heterocycles. The highest BCUT2D eigenvalue weighted by atomic mass is 19.1. The van der Waals surface area contributed by atoms with Crippen LogP contribution in [0.25, 0.3) is 0 Å². The highest BCUT2D eigenvalue weighted by Gasteiger charge is 2.43. The average molecular weight is 321 g/mol. The van der Waals surface area contributed by atoms with Gasteiger partial charge < -0.3 is 4.74 Å².